The standard InChI is InChI=1S/C22H23NO4/c1-3-15-8-9-18-16(11-22(24)27-21(18)10-15)12-23(2)13-17-14-25-19-6-4-5-7-20(19)26-17/h4-11,17H,3,12-14H2,1-2H3/p+1/t17-/m1/s1. The second kappa shape index (κ2) is 7.45. The smallest absolute Gasteiger partial charge is 0.336 e. The van der Waals surface area contributed by atoms with Crippen molar-refractivity contribution in [2.45, 2.75) is 26.0 Å². The molecule has 0 fully saturated rings. The molecule has 1 aliphatic heterocycles. The number of benzene rings is 2. The van der Waals surface area contributed by atoms with Gasteiger partial charge < -0.3 is 18.8 Å². The first-order chi connectivity index (χ1) is 13.1. The zero-order valence-electron chi connectivity index (χ0n) is 15.7. The average molecular weight is 366 g/mol. The van der Waals surface area contributed by atoms with Gasteiger partial charge >= 0.3 is 5.63 Å². The highest BCUT2D eigenvalue weighted by molar-refractivity contribution is 5.80. The number of ether oxygens (including phenoxy) is 2. The van der Waals surface area contributed by atoms with Gasteiger partial charge in [0.2, 0.25) is 0 Å². The van der Waals surface area contributed by atoms with Gasteiger partial charge in [-0.1, -0.05) is 31.2 Å². The molecule has 1 aliphatic rings. The van der Waals surface area contributed by atoms with Crippen LogP contribution in [0.15, 0.2) is 57.7 Å². The summed E-state index contributed by atoms with van der Waals surface area (Å²) in [6.07, 6.45) is 0.896. The summed E-state index contributed by atoms with van der Waals surface area (Å²) in [7, 11) is 2.10. The third kappa shape index (κ3) is 3.83. The van der Waals surface area contributed by atoms with Gasteiger partial charge in [-0.2, -0.15) is 0 Å². The SMILES string of the molecule is CCc1ccc2c(C[NH+](C)C[C@@H]3COc4ccccc4O3)cc(=O)oc2c1. The molecule has 1 N–H and O–H groups in total. The van der Waals surface area contributed by atoms with E-state index in [9.17, 15) is 4.79 Å². The van der Waals surface area contributed by atoms with E-state index in [1.54, 1.807) is 6.07 Å². The second-order valence-corrected chi connectivity index (χ2v) is 7.11. The van der Waals surface area contributed by atoms with E-state index >= 15 is 0 Å². The molecular weight excluding hydrogens is 342 g/mol. The number of nitrogens with one attached hydrogen (secondary N) is 1. The fraction of sp³-hybridized carbons (Fsp3) is 0.318. The van der Waals surface area contributed by atoms with Crippen LogP contribution in [0.3, 0.4) is 0 Å². The summed E-state index contributed by atoms with van der Waals surface area (Å²) in [5, 5.41) is 0.998. The van der Waals surface area contributed by atoms with Crippen LogP contribution < -0.4 is 20.0 Å². The Morgan fingerprint density at radius 2 is 1.93 bits per heavy atom. The molecule has 4 rings (SSSR count). The predicted molar refractivity (Wildman–Crippen MR) is 104 cm³/mol. The maximum atomic E-state index is 12.0. The van der Waals surface area contributed by atoms with Gasteiger partial charge in [-0.25, -0.2) is 4.79 Å². The largest absolute Gasteiger partial charge is 0.486 e. The Kier molecular flexibility index (Phi) is 4.86. The third-order valence-electron chi connectivity index (χ3n) is 4.94. The Morgan fingerprint density at radius 1 is 1.11 bits per heavy atom. The quantitative estimate of drug-likeness (QED) is 0.704. The molecule has 0 spiro atoms. The monoisotopic (exact) mass is 366 g/mol. The van der Waals surface area contributed by atoms with Crippen LogP contribution in [-0.2, 0) is 13.0 Å². The van der Waals surface area contributed by atoms with Crippen molar-refractivity contribution in [2.75, 3.05) is 20.2 Å². The molecule has 0 radical (unpaired) electrons. The molecule has 1 unspecified atom stereocenters. The van der Waals surface area contributed by atoms with Gasteiger partial charge in [-0.05, 0) is 30.2 Å². The minimum absolute atomic E-state index is 0.0158. The lowest BCUT2D eigenvalue weighted by molar-refractivity contribution is -0.896. The van der Waals surface area contributed by atoms with Crippen molar-refractivity contribution in [1.82, 2.24) is 0 Å². The number of hydrogen-bond donors (Lipinski definition) is 1. The number of hydrogen-bond acceptors (Lipinski definition) is 4. The van der Waals surface area contributed by atoms with E-state index in [-0.39, 0.29) is 11.7 Å². The van der Waals surface area contributed by atoms with Gasteiger partial charge in [0.25, 0.3) is 0 Å². The summed E-state index contributed by atoms with van der Waals surface area (Å²) >= 11 is 0. The van der Waals surface area contributed by atoms with E-state index < -0.39 is 0 Å². The highest BCUT2D eigenvalue weighted by atomic mass is 16.6. The highest BCUT2D eigenvalue weighted by Gasteiger charge is 2.24. The van der Waals surface area contributed by atoms with Crippen LogP contribution in [-0.4, -0.2) is 26.3 Å². The Labute approximate surface area is 158 Å². The topological polar surface area (TPSA) is 53.1 Å². The first-order valence-electron chi connectivity index (χ1n) is 9.38. The van der Waals surface area contributed by atoms with Crippen LogP contribution in [0, 0.1) is 0 Å². The van der Waals surface area contributed by atoms with Gasteiger partial charge in [0.15, 0.2) is 17.6 Å². The molecule has 2 aromatic carbocycles. The lowest BCUT2D eigenvalue weighted by Gasteiger charge is -2.28. The van der Waals surface area contributed by atoms with Crippen LogP contribution >= 0.6 is 0 Å². The van der Waals surface area contributed by atoms with E-state index in [0.29, 0.717) is 12.2 Å². The van der Waals surface area contributed by atoms with Crippen molar-refractivity contribution in [1.29, 1.82) is 0 Å². The summed E-state index contributed by atoms with van der Waals surface area (Å²) < 4.78 is 17.3. The third-order valence-corrected chi connectivity index (χ3v) is 4.94. The Hall–Kier alpha value is -2.79. The first kappa shape index (κ1) is 17.6. The molecule has 0 saturated carbocycles. The predicted octanol–water partition coefficient (Wildman–Crippen LogP) is 2.21. The first-order valence-corrected chi connectivity index (χ1v) is 9.38. The molecule has 3 aromatic rings. The number of likely N-dealkylation sites (N-methyl/N-ethyl adjacent to an activating group) is 1. The lowest BCUT2D eigenvalue weighted by atomic mass is 10.1. The van der Waals surface area contributed by atoms with E-state index in [4.69, 9.17) is 13.9 Å². The van der Waals surface area contributed by atoms with E-state index in [1.807, 2.05) is 30.3 Å². The molecular formula is C22H24NO4+. The Balaban J connectivity index is 1.50. The molecule has 5 heteroatoms. The summed E-state index contributed by atoms with van der Waals surface area (Å²) in [6, 6.07) is 15.4. The summed E-state index contributed by atoms with van der Waals surface area (Å²) in [4.78, 5) is 13.2. The van der Waals surface area contributed by atoms with Crippen LogP contribution in [0.2, 0.25) is 0 Å². The van der Waals surface area contributed by atoms with Crippen molar-refractivity contribution in [3.8, 4) is 11.5 Å². The van der Waals surface area contributed by atoms with Crippen LogP contribution in [0.1, 0.15) is 18.1 Å². The maximum Gasteiger partial charge on any atom is 0.336 e. The molecule has 0 bridgehead atoms. The van der Waals surface area contributed by atoms with E-state index in [2.05, 4.69) is 26.1 Å². The van der Waals surface area contributed by atoms with Crippen LogP contribution in [0.4, 0.5) is 0 Å². The Morgan fingerprint density at radius 3 is 2.74 bits per heavy atom. The van der Waals surface area contributed by atoms with Crippen LogP contribution in [0.5, 0.6) is 11.5 Å². The number of aryl methyl sites for hydroxylation is 1. The van der Waals surface area contributed by atoms with Crippen molar-refractivity contribution < 1.29 is 18.8 Å². The molecule has 27 heavy (non-hydrogen) atoms. The lowest BCUT2D eigenvalue weighted by Crippen LogP contribution is -3.09. The van der Waals surface area contributed by atoms with Crippen molar-refractivity contribution in [3.05, 3.63) is 70.1 Å². The van der Waals surface area contributed by atoms with Crippen molar-refractivity contribution in [2.24, 2.45) is 0 Å². The Bertz CT molecular complexity index is 1010. The van der Waals surface area contributed by atoms with Gasteiger partial charge in [-0.15, -0.1) is 0 Å². The van der Waals surface area contributed by atoms with Gasteiger partial charge in [-0.3, -0.25) is 0 Å². The molecule has 2 atom stereocenters. The van der Waals surface area contributed by atoms with Gasteiger partial charge in [0.1, 0.15) is 25.3 Å². The summed E-state index contributed by atoms with van der Waals surface area (Å²) in [5.74, 6) is 1.59. The zero-order valence-corrected chi connectivity index (χ0v) is 15.7. The summed E-state index contributed by atoms with van der Waals surface area (Å²) in [5.41, 5.74) is 2.52. The summed E-state index contributed by atoms with van der Waals surface area (Å²) in [6.45, 7) is 4.12. The minimum atomic E-state index is -0.301. The molecule has 2 heterocycles. The van der Waals surface area contributed by atoms with Crippen molar-refractivity contribution >= 4 is 11.0 Å². The molecule has 0 saturated heterocycles. The van der Waals surface area contributed by atoms with E-state index in [1.165, 1.54) is 4.90 Å². The maximum absolute atomic E-state index is 12.0. The van der Waals surface area contributed by atoms with Gasteiger partial charge in [0.05, 0.1) is 7.05 Å². The number of para-hydroxylation sites is 2. The minimum Gasteiger partial charge on any atom is -0.486 e. The molecule has 5 nitrogen and oxygen atoms in total. The van der Waals surface area contributed by atoms with E-state index in [0.717, 1.165) is 47.5 Å². The van der Waals surface area contributed by atoms with Crippen LogP contribution in [0.25, 0.3) is 11.0 Å². The second-order valence-electron chi connectivity index (χ2n) is 7.11. The normalized spacial score (nSPS) is 17.0. The molecule has 1 aromatic heterocycles. The van der Waals surface area contributed by atoms with Gasteiger partial charge in [0, 0.05) is 17.0 Å². The number of fused-ring (bicyclic) bond motifs is 2. The fourth-order valence-electron chi connectivity index (χ4n) is 3.59. The highest BCUT2D eigenvalue weighted by Crippen LogP contribution is 2.30. The molecule has 0 aliphatic carbocycles. The average Bonchev–Trinajstić information content (AvgIpc) is 2.67. The van der Waals surface area contributed by atoms with Crippen molar-refractivity contribution in [3.63, 3.8) is 0 Å². The fourth-order valence-corrected chi connectivity index (χ4v) is 3.59. The number of rotatable bonds is 5. The zero-order chi connectivity index (χ0) is 18.8. The molecule has 0 amide bonds. The number of quaternary nitrogens is 1. The molecule has 140 valence electrons.